The summed E-state index contributed by atoms with van der Waals surface area (Å²) in [4.78, 5) is 34.9. The van der Waals surface area contributed by atoms with E-state index in [-0.39, 0.29) is 5.69 Å². The highest BCUT2D eigenvalue weighted by Crippen LogP contribution is 2.43. The second kappa shape index (κ2) is 4.92. The van der Waals surface area contributed by atoms with E-state index in [1.165, 1.54) is 36.2 Å². The van der Waals surface area contributed by atoms with Gasteiger partial charge in [0.05, 0.1) is 4.92 Å². The number of nitro groups is 1. The number of anilines is 1. The Morgan fingerprint density at radius 1 is 1.30 bits per heavy atom. The Morgan fingerprint density at radius 2 is 1.85 bits per heavy atom. The normalized spacial score (nSPS) is 16.1. The molecule has 0 saturated heterocycles. The molecule has 1 aromatic rings. The van der Waals surface area contributed by atoms with E-state index >= 15 is 0 Å². The number of carbonyl (C=O) groups excluding carboxylic acids is 1. The summed E-state index contributed by atoms with van der Waals surface area (Å²) in [6.45, 7) is 0. The largest absolute Gasteiger partial charge is 0.480 e. The zero-order chi connectivity index (χ0) is 14.9. The molecular weight excluding hydrogens is 264 g/mol. The first-order valence-corrected chi connectivity index (χ1v) is 6.14. The summed E-state index contributed by atoms with van der Waals surface area (Å²) in [6, 6.07) is 5.44. The first kappa shape index (κ1) is 14.0. The first-order valence-electron chi connectivity index (χ1n) is 6.14. The lowest BCUT2D eigenvalue weighted by Gasteiger charge is -2.38. The number of aliphatic carboxylic acids is 1. The molecule has 1 fully saturated rings. The number of carboxylic acid groups (broad SMARTS) is 1. The molecule has 0 heterocycles. The lowest BCUT2D eigenvalue weighted by Crippen LogP contribution is -2.51. The fourth-order valence-electron chi connectivity index (χ4n) is 2.29. The highest BCUT2D eigenvalue weighted by atomic mass is 16.6. The third-order valence-corrected chi connectivity index (χ3v) is 3.78. The number of rotatable bonds is 4. The molecule has 7 nitrogen and oxygen atoms in total. The van der Waals surface area contributed by atoms with Gasteiger partial charge in [-0.3, -0.25) is 19.7 Å². The van der Waals surface area contributed by atoms with Crippen molar-refractivity contribution in [2.24, 2.45) is 5.41 Å². The number of benzene rings is 1. The predicted molar refractivity (Wildman–Crippen MR) is 70.4 cm³/mol. The van der Waals surface area contributed by atoms with Crippen molar-refractivity contribution in [1.82, 2.24) is 0 Å². The molecular formula is C13H14N2O5. The average molecular weight is 278 g/mol. The van der Waals surface area contributed by atoms with E-state index < -0.39 is 22.2 Å². The van der Waals surface area contributed by atoms with Crippen molar-refractivity contribution >= 4 is 23.3 Å². The fourth-order valence-corrected chi connectivity index (χ4v) is 2.29. The third kappa shape index (κ3) is 2.11. The highest BCUT2D eigenvalue weighted by Gasteiger charge is 2.52. The van der Waals surface area contributed by atoms with Gasteiger partial charge in [-0.1, -0.05) is 6.42 Å². The van der Waals surface area contributed by atoms with Crippen LogP contribution in [0.2, 0.25) is 0 Å². The summed E-state index contributed by atoms with van der Waals surface area (Å²) in [6.07, 6.45) is 1.38. The Kier molecular flexibility index (Phi) is 3.44. The maximum Gasteiger partial charge on any atom is 0.319 e. The molecule has 1 saturated carbocycles. The van der Waals surface area contributed by atoms with Crippen molar-refractivity contribution < 1.29 is 19.6 Å². The lowest BCUT2D eigenvalue weighted by atomic mass is 9.68. The van der Waals surface area contributed by atoms with Gasteiger partial charge in [0.2, 0.25) is 5.91 Å². The van der Waals surface area contributed by atoms with Crippen molar-refractivity contribution in [2.45, 2.75) is 19.3 Å². The topological polar surface area (TPSA) is 101 Å². The van der Waals surface area contributed by atoms with Crippen LogP contribution in [-0.2, 0) is 9.59 Å². The smallest absolute Gasteiger partial charge is 0.319 e. The van der Waals surface area contributed by atoms with E-state index in [4.69, 9.17) is 0 Å². The van der Waals surface area contributed by atoms with Gasteiger partial charge in [0.15, 0.2) is 0 Å². The molecule has 1 aliphatic carbocycles. The zero-order valence-corrected chi connectivity index (χ0v) is 10.9. The molecule has 7 heteroatoms. The van der Waals surface area contributed by atoms with Gasteiger partial charge in [-0.25, -0.2) is 0 Å². The molecule has 0 spiro atoms. The second-order valence-corrected chi connectivity index (χ2v) is 4.88. The van der Waals surface area contributed by atoms with Crippen LogP contribution in [0.5, 0.6) is 0 Å². The Labute approximate surface area is 115 Å². The van der Waals surface area contributed by atoms with Crippen LogP contribution >= 0.6 is 0 Å². The molecule has 0 bridgehead atoms. The molecule has 0 aliphatic heterocycles. The number of hydrogen-bond donors (Lipinski definition) is 1. The van der Waals surface area contributed by atoms with Gasteiger partial charge < -0.3 is 10.0 Å². The van der Waals surface area contributed by atoms with Gasteiger partial charge in [-0.2, -0.15) is 0 Å². The number of non-ortho nitro benzene ring substituents is 1. The Balaban J connectivity index is 2.22. The number of nitro benzene ring substituents is 1. The Bertz CT molecular complexity index is 563. The van der Waals surface area contributed by atoms with Gasteiger partial charge in [-0.05, 0) is 25.0 Å². The SMILES string of the molecule is CN(C(=O)C1(C(=O)O)CCC1)c1ccc([N+](=O)[O-])cc1. The van der Waals surface area contributed by atoms with Gasteiger partial charge in [0.25, 0.3) is 5.69 Å². The highest BCUT2D eigenvalue weighted by molar-refractivity contribution is 6.10. The van der Waals surface area contributed by atoms with Gasteiger partial charge >= 0.3 is 5.97 Å². The van der Waals surface area contributed by atoms with Crippen LogP contribution in [0.3, 0.4) is 0 Å². The molecule has 0 radical (unpaired) electrons. The maximum atomic E-state index is 12.3. The predicted octanol–water partition coefficient (Wildman–Crippen LogP) is 1.81. The van der Waals surface area contributed by atoms with Crippen LogP contribution in [0.1, 0.15) is 19.3 Å². The molecule has 0 aromatic heterocycles. The molecule has 1 amide bonds. The molecule has 20 heavy (non-hydrogen) atoms. The summed E-state index contributed by atoms with van der Waals surface area (Å²) < 4.78 is 0. The van der Waals surface area contributed by atoms with Crippen LogP contribution in [-0.4, -0.2) is 29.0 Å². The van der Waals surface area contributed by atoms with E-state index in [2.05, 4.69) is 0 Å². The standard InChI is InChI=1S/C13H14N2O5/c1-14(9-3-5-10(6-4-9)15(19)20)11(16)13(12(17)18)7-2-8-13/h3-6H,2,7-8H2,1H3,(H,17,18). The van der Waals surface area contributed by atoms with E-state index in [1.807, 2.05) is 0 Å². The summed E-state index contributed by atoms with van der Waals surface area (Å²) in [7, 11) is 1.48. The molecule has 1 aromatic carbocycles. The van der Waals surface area contributed by atoms with E-state index in [1.54, 1.807) is 0 Å². The number of nitrogens with zero attached hydrogens (tertiary/aromatic N) is 2. The van der Waals surface area contributed by atoms with Crippen molar-refractivity contribution in [1.29, 1.82) is 0 Å². The quantitative estimate of drug-likeness (QED) is 0.514. The van der Waals surface area contributed by atoms with Crippen LogP contribution in [0.4, 0.5) is 11.4 Å². The van der Waals surface area contributed by atoms with E-state index in [0.29, 0.717) is 24.9 Å². The monoisotopic (exact) mass is 278 g/mol. The fraction of sp³-hybridized carbons (Fsp3) is 0.385. The first-order chi connectivity index (χ1) is 9.38. The van der Waals surface area contributed by atoms with Gasteiger partial charge in [-0.15, -0.1) is 0 Å². The molecule has 1 N–H and O–H groups in total. The summed E-state index contributed by atoms with van der Waals surface area (Å²) in [5, 5.41) is 19.8. The summed E-state index contributed by atoms with van der Waals surface area (Å²) in [5.74, 6) is -1.59. The van der Waals surface area contributed by atoms with Gasteiger partial charge in [0.1, 0.15) is 5.41 Å². The van der Waals surface area contributed by atoms with Crippen molar-refractivity contribution in [2.75, 3.05) is 11.9 Å². The van der Waals surface area contributed by atoms with E-state index in [0.717, 1.165) is 0 Å². The van der Waals surface area contributed by atoms with Crippen molar-refractivity contribution in [3.8, 4) is 0 Å². The molecule has 106 valence electrons. The molecule has 2 rings (SSSR count). The van der Waals surface area contributed by atoms with Crippen molar-refractivity contribution in [3.63, 3.8) is 0 Å². The number of carbonyl (C=O) groups is 2. The summed E-state index contributed by atoms with van der Waals surface area (Å²) in [5.41, 5.74) is -0.976. The van der Waals surface area contributed by atoms with Crippen LogP contribution in [0.15, 0.2) is 24.3 Å². The van der Waals surface area contributed by atoms with Crippen LogP contribution in [0, 0.1) is 15.5 Å². The van der Waals surface area contributed by atoms with Crippen LogP contribution < -0.4 is 4.90 Å². The summed E-state index contributed by atoms with van der Waals surface area (Å²) >= 11 is 0. The van der Waals surface area contributed by atoms with Crippen molar-refractivity contribution in [3.05, 3.63) is 34.4 Å². The minimum atomic E-state index is -1.34. The zero-order valence-electron chi connectivity index (χ0n) is 10.9. The average Bonchev–Trinajstić information content (AvgIpc) is 2.36. The molecule has 0 unspecified atom stereocenters. The number of amides is 1. The molecule has 1 aliphatic rings. The van der Waals surface area contributed by atoms with Crippen LogP contribution in [0.25, 0.3) is 0 Å². The second-order valence-electron chi connectivity index (χ2n) is 4.88. The molecule has 0 atom stereocenters. The minimum Gasteiger partial charge on any atom is -0.480 e. The Morgan fingerprint density at radius 3 is 2.20 bits per heavy atom. The lowest BCUT2D eigenvalue weighted by molar-refractivity contribution is -0.384. The van der Waals surface area contributed by atoms with E-state index in [9.17, 15) is 24.8 Å². The van der Waals surface area contributed by atoms with Gasteiger partial charge in [0, 0.05) is 24.9 Å². The minimum absolute atomic E-state index is 0.0776. The Hall–Kier alpha value is -2.44. The maximum absolute atomic E-state index is 12.3. The number of hydrogen-bond acceptors (Lipinski definition) is 4. The number of carboxylic acids is 1. The third-order valence-electron chi connectivity index (χ3n) is 3.78.